The first-order chi connectivity index (χ1) is 14.8. The average Bonchev–Trinajstić information content (AvgIpc) is 3.33. The quantitative estimate of drug-likeness (QED) is 0.535. The van der Waals surface area contributed by atoms with E-state index in [9.17, 15) is 27.6 Å². The Labute approximate surface area is 187 Å². The number of hydrogen-bond donors (Lipinski definition) is 2. The molecule has 0 bridgehead atoms. The second-order valence-corrected chi connectivity index (χ2v) is 9.57. The van der Waals surface area contributed by atoms with Crippen molar-refractivity contribution in [3.05, 3.63) is 40.9 Å². The Morgan fingerprint density at radius 2 is 1.88 bits per heavy atom. The number of thiazole rings is 1. The SMILES string of the molecule is Cc1csc(-c2ccc([C@H](N[C@@H](CC(C)(C)F)C(=O)NC3(C#N)CC3)C(F)(F)F)cc2)n1. The number of amides is 1. The van der Waals surface area contributed by atoms with Gasteiger partial charge in [0, 0.05) is 23.1 Å². The zero-order valence-corrected chi connectivity index (χ0v) is 18.7. The topological polar surface area (TPSA) is 77.8 Å². The summed E-state index contributed by atoms with van der Waals surface area (Å²) in [6.45, 7) is 4.21. The van der Waals surface area contributed by atoms with Crippen molar-refractivity contribution in [2.75, 3.05) is 0 Å². The number of hydrogen-bond acceptors (Lipinski definition) is 5. The highest BCUT2D eigenvalue weighted by atomic mass is 32.1. The molecule has 10 heteroatoms. The van der Waals surface area contributed by atoms with Crippen molar-refractivity contribution in [1.82, 2.24) is 15.6 Å². The van der Waals surface area contributed by atoms with Crippen LogP contribution in [0.25, 0.3) is 10.6 Å². The van der Waals surface area contributed by atoms with E-state index in [0.29, 0.717) is 23.4 Å². The number of halogens is 4. The molecule has 1 fully saturated rings. The van der Waals surface area contributed by atoms with E-state index in [4.69, 9.17) is 0 Å². The van der Waals surface area contributed by atoms with E-state index in [1.165, 1.54) is 49.4 Å². The third-order valence-electron chi connectivity index (χ3n) is 5.14. The highest BCUT2D eigenvalue weighted by molar-refractivity contribution is 7.13. The van der Waals surface area contributed by atoms with Gasteiger partial charge < -0.3 is 5.32 Å². The lowest BCUT2D eigenvalue weighted by atomic mass is 9.97. The molecular weight excluding hydrogens is 444 g/mol. The number of nitrogens with one attached hydrogen (secondary N) is 2. The fourth-order valence-electron chi connectivity index (χ4n) is 3.31. The minimum Gasteiger partial charge on any atom is -0.336 e. The predicted molar refractivity (Wildman–Crippen MR) is 114 cm³/mol. The summed E-state index contributed by atoms with van der Waals surface area (Å²) in [5.74, 6) is -0.820. The van der Waals surface area contributed by atoms with Crippen LogP contribution in [0.5, 0.6) is 0 Å². The first-order valence-electron chi connectivity index (χ1n) is 10.1. The molecule has 1 aliphatic carbocycles. The first kappa shape index (κ1) is 24.1. The Hall–Kier alpha value is -2.51. The third kappa shape index (κ3) is 6.04. The summed E-state index contributed by atoms with van der Waals surface area (Å²) in [6.07, 6.45) is -4.38. The van der Waals surface area contributed by atoms with Crippen LogP contribution in [0.1, 0.15) is 50.4 Å². The molecule has 5 nitrogen and oxygen atoms in total. The number of nitrogens with zero attached hydrogens (tertiary/aromatic N) is 2. The Balaban J connectivity index is 1.86. The number of aromatic nitrogens is 1. The molecule has 0 radical (unpaired) electrons. The van der Waals surface area contributed by atoms with Gasteiger partial charge >= 0.3 is 6.18 Å². The minimum atomic E-state index is -4.73. The number of carbonyl (C=O) groups is 1. The molecule has 0 spiro atoms. The minimum absolute atomic E-state index is 0.106. The van der Waals surface area contributed by atoms with Crippen molar-refractivity contribution in [3.63, 3.8) is 0 Å². The maximum absolute atomic E-state index is 14.3. The van der Waals surface area contributed by atoms with Gasteiger partial charge in [-0.3, -0.25) is 10.1 Å². The summed E-state index contributed by atoms with van der Waals surface area (Å²) in [7, 11) is 0. The molecule has 0 aliphatic heterocycles. The van der Waals surface area contributed by atoms with Gasteiger partial charge in [-0.05, 0) is 39.2 Å². The van der Waals surface area contributed by atoms with E-state index in [-0.39, 0.29) is 5.56 Å². The van der Waals surface area contributed by atoms with Crippen molar-refractivity contribution in [2.45, 2.75) is 69.5 Å². The average molecular weight is 469 g/mol. The summed E-state index contributed by atoms with van der Waals surface area (Å²) < 4.78 is 56.2. The number of alkyl halides is 4. The lowest BCUT2D eigenvalue weighted by Crippen LogP contribution is -2.53. The molecule has 1 heterocycles. The van der Waals surface area contributed by atoms with Crippen molar-refractivity contribution in [3.8, 4) is 16.6 Å². The Kier molecular flexibility index (Phi) is 6.63. The van der Waals surface area contributed by atoms with Gasteiger partial charge in [-0.1, -0.05) is 24.3 Å². The van der Waals surface area contributed by atoms with Gasteiger partial charge in [0.25, 0.3) is 0 Å². The second kappa shape index (κ2) is 8.79. The van der Waals surface area contributed by atoms with Crippen LogP contribution in [-0.4, -0.2) is 34.3 Å². The molecule has 1 aliphatic rings. The van der Waals surface area contributed by atoms with E-state index < -0.39 is 41.8 Å². The number of benzene rings is 1. The lowest BCUT2D eigenvalue weighted by molar-refractivity contribution is -0.161. The molecule has 2 aromatic rings. The van der Waals surface area contributed by atoms with Gasteiger partial charge in [-0.15, -0.1) is 11.3 Å². The normalized spacial score (nSPS) is 17.3. The molecule has 2 atom stereocenters. The molecule has 3 rings (SSSR count). The van der Waals surface area contributed by atoms with Crippen LogP contribution >= 0.6 is 11.3 Å². The third-order valence-corrected chi connectivity index (χ3v) is 6.15. The molecule has 172 valence electrons. The molecule has 1 aromatic heterocycles. The van der Waals surface area contributed by atoms with Crippen LogP contribution < -0.4 is 10.6 Å². The van der Waals surface area contributed by atoms with Crippen LogP contribution in [0.2, 0.25) is 0 Å². The molecule has 2 N–H and O–H groups in total. The van der Waals surface area contributed by atoms with Gasteiger partial charge in [0.2, 0.25) is 5.91 Å². The van der Waals surface area contributed by atoms with Crippen molar-refractivity contribution < 1.29 is 22.4 Å². The molecule has 1 aromatic carbocycles. The highest BCUT2D eigenvalue weighted by Gasteiger charge is 2.48. The van der Waals surface area contributed by atoms with Crippen molar-refractivity contribution in [2.24, 2.45) is 0 Å². The number of aryl methyl sites for hydroxylation is 1. The van der Waals surface area contributed by atoms with E-state index in [1.807, 2.05) is 18.4 Å². The number of rotatable bonds is 8. The summed E-state index contributed by atoms with van der Waals surface area (Å²) in [5.41, 5.74) is -1.58. The summed E-state index contributed by atoms with van der Waals surface area (Å²) in [5, 5.41) is 16.5. The summed E-state index contributed by atoms with van der Waals surface area (Å²) in [4.78, 5) is 17.0. The second-order valence-electron chi connectivity index (χ2n) is 8.72. The summed E-state index contributed by atoms with van der Waals surface area (Å²) >= 11 is 1.39. The smallest absolute Gasteiger partial charge is 0.336 e. The van der Waals surface area contributed by atoms with Crippen LogP contribution in [0.4, 0.5) is 17.6 Å². The maximum Gasteiger partial charge on any atom is 0.407 e. The monoisotopic (exact) mass is 468 g/mol. The molecule has 0 saturated heterocycles. The predicted octanol–water partition coefficient (Wildman–Crippen LogP) is 4.99. The Morgan fingerprint density at radius 1 is 1.25 bits per heavy atom. The van der Waals surface area contributed by atoms with E-state index in [0.717, 1.165) is 5.69 Å². The van der Waals surface area contributed by atoms with E-state index >= 15 is 0 Å². The molecule has 1 saturated carbocycles. The van der Waals surface area contributed by atoms with Gasteiger partial charge in [0.05, 0.1) is 12.1 Å². The van der Waals surface area contributed by atoms with Crippen molar-refractivity contribution in [1.29, 1.82) is 5.26 Å². The van der Waals surface area contributed by atoms with Crippen LogP contribution in [0, 0.1) is 18.3 Å². The van der Waals surface area contributed by atoms with Gasteiger partial charge in [-0.2, -0.15) is 18.4 Å². The fraction of sp³-hybridized carbons (Fsp3) is 0.500. The first-order valence-corrected chi connectivity index (χ1v) is 11.0. The Bertz CT molecular complexity index is 1000. The lowest BCUT2D eigenvalue weighted by Gasteiger charge is -2.30. The van der Waals surface area contributed by atoms with Gasteiger partial charge in [0.1, 0.15) is 22.3 Å². The van der Waals surface area contributed by atoms with Crippen LogP contribution in [0.3, 0.4) is 0 Å². The maximum atomic E-state index is 14.3. The van der Waals surface area contributed by atoms with Gasteiger partial charge in [0.15, 0.2) is 0 Å². The zero-order valence-electron chi connectivity index (χ0n) is 17.9. The van der Waals surface area contributed by atoms with E-state index in [2.05, 4.69) is 15.6 Å². The van der Waals surface area contributed by atoms with Gasteiger partial charge in [-0.25, -0.2) is 9.37 Å². The highest BCUT2D eigenvalue weighted by Crippen LogP contribution is 2.37. The molecule has 1 amide bonds. The van der Waals surface area contributed by atoms with Crippen LogP contribution in [0.15, 0.2) is 29.6 Å². The number of carbonyl (C=O) groups excluding carboxylic acids is 1. The zero-order chi connectivity index (χ0) is 23.7. The summed E-state index contributed by atoms with van der Waals surface area (Å²) in [6, 6.07) is 4.02. The molecular formula is C22H24F4N4OS. The van der Waals surface area contributed by atoms with Crippen LogP contribution in [-0.2, 0) is 4.79 Å². The molecule has 0 unspecified atom stereocenters. The largest absolute Gasteiger partial charge is 0.407 e. The standard InChI is InChI=1S/C22H24F4N4OS/c1-13-11-32-19(28-13)15-6-4-14(5-7-15)17(22(24,25)26)29-16(10-20(2,3)23)18(31)30-21(12-27)8-9-21/h4-7,11,16-17,29H,8-10H2,1-3H3,(H,30,31)/t16-,17-/m0/s1. The molecule has 32 heavy (non-hydrogen) atoms. The van der Waals surface area contributed by atoms with E-state index in [1.54, 1.807) is 0 Å². The fourth-order valence-corrected chi connectivity index (χ4v) is 4.11. The van der Waals surface area contributed by atoms with Crippen molar-refractivity contribution >= 4 is 17.2 Å². The number of nitriles is 1. The Morgan fingerprint density at radius 3 is 2.31 bits per heavy atom.